The third kappa shape index (κ3) is 3.43. The number of benzene rings is 1. The van der Waals surface area contributed by atoms with Crippen LogP contribution in [0.4, 0.5) is 4.39 Å². The fourth-order valence-electron chi connectivity index (χ4n) is 1.82. The van der Waals surface area contributed by atoms with Gasteiger partial charge in [-0.05, 0) is 30.5 Å². The minimum Gasteiger partial charge on any atom is -0.496 e. The maximum Gasteiger partial charge on any atom is 0.303 e. The molecule has 0 spiro atoms. The molecule has 0 amide bonds. The maximum atomic E-state index is 13.8. The van der Waals surface area contributed by atoms with Gasteiger partial charge in [-0.1, -0.05) is 6.92 Å². The predicted octanol–water partition coefficient (Wildman–Crippen LogP) is 2.26. The Morgan fingerprint density at radius 2 is 2.22 bits per heavy atom. The molecule has 1 rings (SSSR count). The average molecular weight is 255 g/mol. The number of carbonyl (C=O) groups is 1. The van der Waals surface area contributed by atoms with Crippen LogP contribution in [0.2, 0.25) is 0 Å². The smallest absolute Gasteiger partial charge is 0.303 e. The summed E-state index contributed by atoms with van der Waals surface area (Å²) in [5.74, 6) is -0.820. The molecule has 0 aliphatic heterocycles. The number of nitrogens with two attached hydrogens (primary N) is 1. The molecular weight excluding hydrogens is 237 g/mol. The molecule has 1 atom stereocenters. The van der Waals surface area contributed by atoms with Crippen molar-refractivity contribution in [1.29, 1.82) is 0 Å². The van der Waals surface area contributed by atoms with Gasteiger partial charge in [-0.25, -0.2) is 4.39 Å². The van der Waals surface area contributed by atoms with Gasteiger partial charge in [-0.15, -0.1) is 0 Å². The van der Waals surface area contributed by atoms with Gasteiger partial charge in [0.2, 0.25) is 0 Å². The molecule has 100 valence electrons. The summed E-state index contributed by atoms with van der Waals surface area (Å²) in [6.45, 7) is 1.84. The highest BCUT2D eigenvalue weighted by Gasteiger charge is 2.15. The number of methoxy groups -OCH3 is 1. The minimum absolute atomic E-state index is 0.0410. The van der Waals surface area contributed by atoms with Crippen LogP contribution < -0.4 is 10.5 Å². The van der Waals surface area contributed by atoms with Crippen LogP contribution in [0.15, 0.2) is 12.1 Å². The number of hydrogen-bond acceptors (Lipinski definition) is 3. The third-order valence-electron chi connectivity index (χ3n) is 2.85. The lowest BCUT2D eigenvalue weighted by Gasteiger charge is -2.15. The van der Waals surface area contributed by atoms with Gasteiger partial charge in [-0.3, -0.25) is 4.79 Å². The predicted molar refractivity (Wildman–Crippen MR) is 66.1 cm³/mol. The lowest BCUT2D eigenvalue weighted by Crippen LogP contribution is -2.13. The summed E-state index contributed by atoms with van der Waals surface area (Å²) in [4.78, 5) is 10.5. The van der Waals surface area contributed by atoms with Crippen LogP contribution in [-0.2, 0) is 11.2 Å². The summed E-state index contributed by atoms with van der Waals surface area (Å²) >= 11 is 0. The van der Waals surface area contributed by atoms with E-state index in [1.807, 2.05) is 6.92 Å². The first kappa shape index (κ1) is 14.4. The lowest BCUT2D eigenvalue weighted by molar-refractivity contribution is -0.137. The Morgan fingerprint density at radius 1 is 1.56 bits per heavy atom. The Hall–Kier alpha value is -1.62. The molecule has 0 bridgehead atoms. The number of rotatable bonds is 6. The van der Waals surface area contributed by atoms with Crippen molar-refractivity contribution in [3.05, 3.63) is 29.1 Å². The monoisotopic (exact) mass is 255 g/mol. The highest BCUT2D eigenvalue weighted by Crippen LogP contribution is 2.28. The van der Waals surface area contributed by atoms with Gasteiger partial charge in [0.15, 0.2) is 0 Å². The number of hydrogen-bond donors (Lipinski definition) is 2. The highest BCUT2D eigenvalue weighted by molar-refractivity contribution is 5.66. The molecule has 5 heteroatoms. The van der Waals surface area contributed by atoms with E-state index in [9.17, 15) is 9.18 Å². The summed E-state index contributed by atoms with van der Waals surface area (Å²) in [7, 11) is 1.47. The van der Waals surface area contributed by atoms with E-state index in [0.29, 0.717) is 23.3 Å². The number of ether oxygens (including phenoxy) is 1. The maximum absolute atomic E-state index is 13.8. The van der Waals surface area contributed by atoms with Crippen LogP contribution >= 0.6 is 0 Å². The van der Waals surface area contributed by atoms with Crippen LogP contribution in [0, 0.1) is 5.82 Å². The summed E-state index contributed by atoms with van der Waals surface area (Å²) in [6, 6.07) is 2.53. The lowest BCUT2D eigenvalue weighted by atomic mass is 9.99. The van der Waals surface area contributed by atoms with E-state index in [2.05, 4.69) is 0 Å². The molecule has 0 aromatic heterocycles. The largest absolute Gasteiger partial charge is 0.496 e. The summed E-state index contributed by atoms with van der Waals surface area (Å²) in [5, 5.41) is 8.59. The molecule has 1 unspecified atom stereocenters. The Morgan fingerprint density at radius 3 is 2.72 bits per heavy atom. The molecule has 1 aromatic rings. The van der Waals surface area contributed by atoms with Gasteiger partial charge in [0.1, 0.15) is 11.6 Å². The number of carboxylic acids is 1. The zero-order chi connectivity index (χ0) is 13.7. The molecule has 4 nitrogen and oxygen atoms in total. The van der Waals surface area contributed by atoms with Gasteiger partial charge >= 0.3 is 5.97 Å². The molecule has 0 saturated heterocycles. The van der Waals surface area contributed by atoms with Crippen molar-refractivity contribution < 1.29 is 19.0 Å². The van der Waals surface area contributed by atoms with Crippen LogP contribution in [0.1, 0.15) is 36.9 Å². The van der Waals surface area contributed by atoms with E-state index in [-0.39, 0.29) is 18.7 Å². The molecule has 18 heavy (non-hydrogen) atoms. The van der Waals surface area contributed by atoms with Crippen molar-refractivity contribution in [3.63, 3.8) is 0 Å². The molecule has 0 aliphatic rings. The quantitative estimate of drug-likeness (QED) is 0.817. The number of aliphatic carboxylic acids is 1. The molecule has 0 radical (unpaired) electrons. The zero-order valence-corrected chi connectivity index (χ0v) is 10.6. The second-order valence-corrected chi connectivity index (χ2v) is 4.08. The Labute approximate surface area is 106 Å². The first-order valence-electron chi connectivity index (χ1n) is 5.83. The summed E-state index contributed by atoms with van der Waals surface area (Å²) < 4.78 is 18.9. The van der Waals surface area contributed by atoms with Crippen LogP contribution in [0.25, 0.3) is 0 Å². The van der Waals surface area contributed by atoms with Gasteiger partial charge < -0.3 is 15.6 Å². The van der Waals surface area contributed by atoms with Gasteiger partial charge in [-0.2, -0.15) is 0 Å². The fourth-order valence-corrected chi connectivity index (χ4v) is 1.82. The number of halogens is 1. The number of carboxylic acid groups (broad SMARTS) is 1. The van der Waals surface area contributed by atoms with Crippen molar-refractivity contribution in [3.8, 4) is 5.75 Å². The summed E-state index contributed by atoms with van der Waals surface area (Å²) in [5.41, 5.74) is 6.91. The highest BCUT2D eigenvalue weighted by atomic mass is 19.1. The van der Waals surface area contributed by atoms with E-state index in [1.165, 1.54) is 13.2 Å². The van der Waals surface area contributed by atoms with E-state index in [1.54, 1.807) is 6.07 Å². The Bertz CT molecular complexity index is 434. The average Bonchev–Trinajstić information content (AvgIpc) is 2.34. The SMILES string of the molecule is CCc1c(F)cc(C(N)CCC(=O)O)cc1OC. The van der Waals surface area contributed by atoms with Crippen molar-refractivity contribution in [2.24, 2.45) is 5.73 Å². The molecular formula is C13H18FNO3. The molecule has 1 aromatic carbocycles. The molecule has 0 heterocycles. The van der Waals surface area contributed by atoms with E-state index < -0.39 is 12.0 Å². The second-order valence-electron chi connectivity index (χ2n) is 4.08. The first-order valence-corrected chi connectivity index (χ1v) is 5.83. The third-order valence-corrected chi connectivity index (χ3v) is 2.85. The molecule has 3 N–H and O–H groups in total. The standard InChI is InChI=1S/C13H18FNO3/c1-3-9-10(14)6-8(7-12(9)18-2)11(15)4-5-13(16)17/h6-7,11H,3-5,15H2,1-2H3,(H,16,17). The normalized spacial score (nSPS) is 12.2. The second kappa shape index (κ2) is 6.35. The zero-order valence-electron chi connectivity index (χ0n) is 10.6. The molecule has 0 saturated carbocycles. The van der Waals surface area contributed by atoms with Crippen LogP contribution in [0.5, 0.6) is 5.75 Å². The van der Waals surface area contributed by atoms with E-state index in [0.717, 1.165) is 0 Å². The van der Waals surface area contributed by atoms with Crippen LogP contribution in [-0.4, -0.2) is 18.2 Å². The fraction of sp³-hybridized carbons (Fsp3) is 0.462. The molecule has 0 fully saturated rings. The summed E-state index contributed by atoms with van der Waals surface area (Å²) in [6.07, 6.45) is 0.754. The van der Waals surface area contributed by atoms with Crippen molar-refractivity contribution in [2.75, 3.05) is 7.11 Å². The first-order chi connectivity index (χ1) is 8.49. The van der Waals surface area contributed by atoms with Crippen LogP contribution in [0.3, 0.4) is 0 Å². The Balaban J connectivity index is 2.96. The van der Waals surface area contributed by atoms with Gasteiger partial charge in [0, 0.05) is 18.0 Å². The minimum atomic E-state index is -0.914. The topological polar surface area (TPSA) is 72.6 Å². The van der Waals surface area contributed by atoms with Gasteiger partial charge in [0.05, 0.1) is 7.11 Å². The van der Waals surface area contributed by atoms with E-state index in [4.69, 9.17) is 15.6 Å². The Kier molecular flexibility index (Phi) is 5.09. The van der Waals surface area contributed by atoms with E-state index >= 15 is 0 Å². The van der Waals surface area contributed by atoms with Gasteiger partial charge in [0.25, 0.3) is 0 Å². The van der Waals surface area contributed by atoms with Crippen molar-refractivity contribution in [2.45, 2.75) is 32.2 Å². The van der Waals surface area contributed by atoms with Crippen molar-refractivity contribution >= 4 is 5.97 Å². The molecule has 0 aliphatic carbocycles. The van der Waals surface area contributed by atoms with Crippen molar-refractivity contribution in [1.82, 2.24) is 0 Å².